The largest absolute Gasteiger partial charge is 0.409 e. The number of hydrogen-bond acceptors (Lipinski definition) is 4. The maximum absolute atomic E-state index is 8.87. The van der Waals surface area contributed by atoms with Crippen LogP contribution in [0.15, 0.2) is 5.16 Å². The number of amidine groups is 1. The summed E-state index contributed by atoms with van der Waals surface area (Å²) in [5, 5.41) is 20.4. The Labute approximate surface area is 84.2 Å². The molecule has 1 rings (SSSR count). The minimum atomic E-state index is 0.0344. The summed E-state index contributed by atoms with van der Waals surface area (Å²) in [6.07, 6.45) is 2.39. The molecular formula is C9H19N3O2. The molecule has 0 saturated heterocycles. The van der Waals surface area contributed by atoms with Crippen LogP contribution in [0.1, 0.15) is 19.8 Å². The lowest BCUT2D eigenvalue weighted by atomic mass is 10.1. The molecule has 5 heteroatoms. The van der Waals surface area contributed by atoms with Gasteiger partial charge in [-0.25, -0.2) is 0 Å². The van der Waals surface area contributed by atoms with Gasteiger partial charge in [0.2, 0.25) is 0 Å². The zero-order chi connectivity index (χ0) is 10.6. The molecule has 0 aromatic carbocycles. The van der Waals surface area contributed by atoms with Gasteiger partial charge >= 0.3 is 0 Å². The molecular weight excluding hydrogens is 182 g/mol. The molecule has 1 aliphatic carbocycles. The minimum Gasteiger partial charge on any atom is -0.409 e. The quantitative estimate of drug-likeness (QED) is 0.241. The number of aliphatic hydroxyl groups excluding tert-OH is 1. The molecule has 0 aromatic rings. The van der Waals surface area contributed by atoms with E-state index in [4.69, 9.17) is 16.0 Å². The predicted molar refractivity (Wildman–Crippen MR) is 54.3 cm³/mol. The van der Waals surface area contributed by atoms with Gasteiger partial charge in [-0.15, -0.1) is 0 Å². The average Bonchev–Trinajstić information content (AvgIpc) is 2.99. The molecule has 82 valence electrons. The Balaban J connectivity index is 2.38. The van der Waals surface area contributed by atoms with E-state index in [1.165, 1.54) is 12.8 Å². The smallest absolute Gasteiger partial charge is 0.143 e. The van der Waals surface area contributed by atoms with Crippen LogP contribution in [-0.2, 0) is 0 Å². The summed E-state index contributed by atoms with van der Waals surface area (Å²) >= 11 is 0. The fraction of sp³-hybridized carbons (Fsp3) is 0.889. The molecule has 1 unspecified atom stereocenters. The lowest BCUT2D eigenvalue weighted by Gasteiger charge is -2.23. The van der Waals surface area contributed by atoms with Gasteiger partial charge in [-0.2, -0.15) is 0 Å². The van der Waals surface area contributed by atoms with E-state index in [0.29, 0.717) is 12.6 Å². The van der Waals surface area contributed by atoms with E-state index < -0.39 is 0 Å². The van der Waals surface area contributed by atoms with Crippen molar-refractivity contribution >= 4 is 5.84 Å². The molecule has 0 spiro atoms. The first-order valence-corrected chi connectivity index (χ1v) is 5.01. The van der Waals surface area contributed by atoms with Crippen LogP contribution < -0.4 is 5.73 Å². The molecule has 1 aliphatic rings. The Morgan fingerprint density at radius 1 is 1.64 bits per heavy atom. The van der Waals surface area contributed by atoms with E-state index in [0.717, 1.165) is 6.54 Å². The summed E-state index contributed by atoms with van der Waals surface area (Å²) in [4.78, 5) is 2.20. The summed E-state index contributed by atoms with van der Waals surface area (Å²) in [6.45, 7) is 3.51. The average molecular weight is 201 g/mol. The van der Waals surface area contributed by atoms with Crippen LogP contribution in [0, 0.1) is 5.92 Å². The van der Waals surface area contributed by atoms with Crippen LogP contribution >= 0.6 is 0 Å². The first-order chi connectivity index (χ1) is 6.69. The van der Waals surface area contributed by atoms with E-state index in [1.54, 1.807) is 0 Å². The van der Waals surface area contributed by atoms with Crippen molar-refractivity contribution < 1.29 is 10.3 Å². The molecule has 0 aliphatic heterocycles. The second-order valence-corrected chi connectivity index (χ2v) is 3.88. The summed E-state index contributed by atoms with van der Waals surface area (Å²) in [5.74, 6) is 0.292. The Bertz CT molecular complexity index is 204. The molecule has 1 atom stereocenters. The van der Waals surface area contributed by atoms with Crippen LogP contribution in [0.2, 0.25) is 0 Å². The van der Waals surface area contributed by atoms with Crippen molar-refractivity contribution in [3.8, 4) is 0 Å². The second-order valence-electron chi connectivity index (χ2n) is 3.88. The van der Waals surface area contributed by atoms with Gasteiger partial charge in [-0.1, -0.05) is 12.1 Å². The van der Waals surface area contributed by atoms with E-state index in [2.05, 4.69) is 10.1 Å². The Hall–Kier alpha value is -0.810. The molecule has 0 bridgehead atoms. The first kappa shape index (κ1) is 11.3. The number of hydrogen-bond donors (Lipinski definition) is 3. The Kier molecular flexibility index (Phi) is 4.16. The normalized spacial score (nSPS) is 20.1. The van der Waals surface area contributed by atoms with Crippen LogP contribution in [0.5, 0.6) is 0 Å². The van der Waals surface area contributed by atoms with Crippen molar-refractivity contribution in [1.29, 1.82) is 0 Å². The van der Waals surface area contributed by atoms with Gasteiger partial charge in [-0.05, 0) is 12.8 Å². The predicted octanol–water partition coefficient (Wildman–Crippen LogP) is -0.174. The standard InChI is InChI=1S/C9H19N3O2/c1-7(9(10)11-14)6-12(4-5-13)8-2-3-8/h7-8,13-14H,2-6H2,1H3,(H2,10,11). The Morgan fingerprint density at radius 2 is 2.29 bits per heavy atom. The maximum Gasteiger partial charge on any atom is 0.143 e. The van der Waals surface area contributed by atoms with Crippen molar-refractivity contribution in [1.82, 2.24) is 4.90 Å². The molecule has 1 saturated carbocycles. The zero-order valence-electron chi connectivity index (χ0n) is 8.56. The molecule has 4 N–H and O–H groups in total. The third-order valence-electron chi connectivity index (χ3n) is 2.58. The van der Waals surface area contributed by atoms with E-state index in [9.17, 15) is 0 Å². The van der Waals surface area contributed by atoms with E-state index in [-0.39, 0.29) is 18.4 Å². The fourth-order valence-corrected chi connectivity index (χ4v) is 1.53. The molecule has 0 radical (unpaired) electrons. The van der Waals surface area contributed by atoms with Crippen LogP contribution in [-0.4, -0.2) is 46.8 Å². The van der Waals surface area contributed by atoms with Gasteiger partial charge in [0.15, 0.2) is 0 Å². The SMILES string of the molecule is CC(CN(CCO)C1CC1)C(N)=NO. The summed E-state index contributed by atoms with van der Waals surface area (Å²) in [6, 6.07) is 0.594. The fourth-order valence-electron chi connectivity index (χ4n) is 1.53. The molecule has 0 amide bonds. The highest BCUT2D eigenvalue weighted by Gasteiger charge is 2.29. The highest BCUT2D eigenvalue weighted by atomic mass is 16.4. The van der Waals surface area contributed by atoms with Gasteiger partial charge in [0.1, 0.15) is 5.84 Å². The third-order valence-corrected chi connectivity index (χ3v) is 2.58. The van der Waals surface area contributed by atoms with Crippen molar-refractivity contribution in [2.24, 2.45) is 16.8 Å². The second kappa shape index (κ2) is 5.17. The minimum absolute atomic E-state index is 0.0344. The highest BCUT2D eigenvalue weighted by Crippen LogP contribution is 2.27. The van der Waals surface area contributed by atoms with Gasteiger partial charge in [-0.3, -0.25) is 4.90 Å². The molecule has 14 heavy (non-hydrogen) atoms. The first-order valence-electron chi connectivity index (χ1n) is 5.01. The number of aliphatic hydroxyl groups is 1. The van der Waals surface area contributed by atoms with Crippen LogP contribution in [0.4, 0.5) is 0 Å². The maximum atomic E-state index is 8.87. The number of oxime groups is 1. The Morgan fingerprint density at radius 3 is 2.71 bits per heavy atom. The summed E-state index contributed by atoms with van der Waals surface area (Å²) in [7, 11) is 0. The molecule has 0 heterocycles. The third kappa shape index (κ3) is 3.16. The number of rotatable bonds is 6. The molecule has 0 aromatic heterocycles. The summed E-state index contributed by atoms with van der Waals surface area (Å²) in [5.41, 5.74) is 5.49. The van der Waals surface area contributed by atoms with Crippen molar-refractivity contribution in [2.75, 3.05) is 19.7 Å². The number of nitrogens with zero attached hydrogens (tertiary/aromatic N) is 2. The van der Waals surface area contributed by atoms with Crippen LogP contribution in [0.3, 0.4) is 0 Å². The van der Waals surface area contributed by atoms with E-state index in [1.807, 2.05) is 6.92 Å². The lowest BCUT2D eigenvalue weighted by molar-refractivity contribution is 0.181. The van der Waals surface area contributed by atoms with Gasteiger partial charge < -0.3 is 16.0 Å². The van der Waals surface area contributed by atoms with Crippen molar-refractivity contribution in [3.63, 3.8) is 0 Å². The van der Waals surface area contributed by atoms with Gasteiger partial charge in [0, 0.05) is 25.0 Å². The van der Waals surface area contributed by atoms with Gasteiger partial charge in [0.25, 0.3) is 0 Å². The van der Waals surface area contributed by atoms with Crippen LogP contribution in [0.25, 0.3) is 0 Å². The molecule has 5 nitrogen and oxygen atoms in total. The molecule has 1 fully saturated rings. The lowest BCUT2D eigenvalue weighted by Crippen LogP contribution is -2.37. The summed E-state index contributed by atoms with van der Waals surface area (Å²) < 4.78 is 0. The number of nitrogens with two attached hydrogens (primary N) is 1. The highest BCUT2D eigenvalue weighted by molar-refractivity contribution is 5.82. The topological polar surface area (TPSA) is 82.1 Å². The zero-order valence-corrected chi connectivity index (χ0v) is 8.56. The van der Waals surface area contributed by atoms with E-state index >= 15 is 0 Å². The van der Waals surface area contributed by atoms with Crippen molar-refractivity contribution in [2.45, 2.75) is 25.8 Å². The van der Waals surface area contributed by atoms with Crippen molar-refractivity contribution in [3.05, 3.63) is 0 Å². The van der Waals surface area contributed by atoms with Gasteiger partial charge in [0.05, 0.1) is 6.61 Å². The monoisotopic (exact) mass is 201 g/mol.